The molecule has 1 aliphatic carbocycles. The van der Waals surface area contributed by atoms with Gasteiger partial charge in [0, 0.05) is 53.0 Å². The molecule has 1 aliphatic heterocycles. The smallest absolute Gasteiger partial charge is 0.342 e. The summed E-state index contributed by atoms with van der Waals surface area (Å²) < 4.78 is 147. The summed E-state index contributed by atoms with van der Waals surface area (Å²) in [7, 11) is -11.5. The minimum atomic E-state index is -3.51. The van der Waals surface area contributed by atoms with Gasteiger partial charge in [0.25, 0.3) is 10.0 Å². The highest BCUT2D eigenvalue weighted by Crippen LogP contribution is 2.44. The third-order valence-corrected chi connectivity index (χ3v) is 15.6. The Morgan fingerprint density at radius 1 is 0.636 bits per heavy atom. The molecule has 3 unspecified atom stereocenters. The number of nitrogens with one attached hydrogen (secondary N) is 2. The number of carbonyl (C=O) groups excluding carboxylic acids is 7. The number of phenolic OH excluding ortho intramolecular Hbond substituents is 3. The van der Waals surface area contributed by atoms with E-state index in [-0.39, 0.29) is 63.7 Å². The molecule has 1 aromatic heterocycles. The monoisotopic (exact) mass is 1480 g/mol. The minimum Gasteiger partial charge on any atom is -0.508 e. The van der Waals surface area contributed by atoms with Gasteiger partial charge in [-0.15, -0.1) is 0 Å². The lowest BCUT2D eigenvalue weighted by atomic mass is 9.93. The number of esters is 4. The topological polar surface area (TPSA) is 493 Å². The van der Waals surface area contributed by atoms with Crippen LogP contribution in [0.1, 0.15) is 77.4 Å². The number of hydrogen-bond acceptors (Lipinski definition) is 28. The molecule has 0 amide bonds. The first-order valence-electron chi connectivity index (χ1n) is 28.1. The van der Waals surface area contributed by atoms with E-state index >= 15 is 0 Å². The number of rotatable bonds is 16. The first kappa shape index (κ1) is 85.1. The molecule has 8 N–H and O–H groups in total. The van der Waals surface area contributed by atoms with Crippen LogP contribution in [0.5, 0.6) is 23.0 Å². The number of aryl methyl sites for hydroxylation is 1. The van der Waals surface area contributed by atoms with Crippen molar-refractivity contribution in [2.45, 2.75) is 63.2 Å². The van der Waals surface area contributed by atoms with Crippen molar-refractivity contribution in [3.05, 3.63) is 161 Å². The number of aromatic hydroxyl groups is 3. The van der Waals surface area contributed by atoms with E-state index in [9.17, 15) is 85.9 Å². The van der Waals surface area contributed by atoms with Crippen LogP contribution in [0.25, 0.3) is 11.0 Å². The predicted octanol–water partition coefficient (Wildman–Crippen LogP) is 5.23. The summed E-state index contributed by atoms with van der Waals surface area (Å²) in [6.45, 7) is 5.56. The van der Waals surface area contributed by atoms with Crippen molar-refractivity contribution in [2.24, 2.45) is 4.40 Å². The third-order valence-electron chi connectivity index (χ3n) is 12.1. The predicted molar refractivity (Wildman–Crippen MR) is 366 cm³/mol. The van der Waals surface area contributed by atoms with Crippen molar-refractivity contribution in [1.82, 2.24) is 0 Å². The number of aliphatic hydroxyl groups is 1. The molecule has 5 aromatic carbocycles. The summed E-state index contributed by atoms with van der Waals surface area (Å²) in [5.41, 5.74) is 9.27. The van der Waals surface area contributed by atoms with Crippen LogP contribution in [-0.2, 0) is 109 Å². The maximum absolute atomic E-state index is 11.8. The number of furan rings is 1. The normalized spacial score (nSPS) is 14.6. The number of sulfonamides is 3. The second kappa shape index (κ2) is 37.1. The van der Waals surface area contributed by atoms with E-state index < -0.39 is 97.0 Å². The van der Waals surface area contributed by atoms with Crippen molar-refractivity contribution in [1.29, 1.82) is 0 Å². The highest BCUT2D eigenvalue weighted by atomic mass is 32.2. The van der Waals surface area contributed by atoms with Crippen molar-refractivity contribution < 1.29 is 124 Å². The number of hydrogen-bond donors (Lipinski definition) is 7. The number of sulfone groups is 2. The number of nitrogens with zero attached hydrogens (tertiary/aromatic N) is 1. The molecule has 0 spiro atoms. The molecule has 36 heteroatoms. The van der Waals surface area contributed by atoms with Crippen LogP contribution in [0.2, 0.25) is 0 Å². The fraction of sp³-hybridized carbons (Fsp3) is 0.302. The van der Waals surface area contributed by atoms with Crippen LogP contribution >= 0.6 is 0 Å². The first-order chi connectivity index (χ1) is 45.5. The average Bonchev–Trinajstić information content (AvgIpc) is 1.63. The number of ketones is 3. The zero-order valence-electron chi connectivity index (χ0n) is 55.6. The number of anilines is 3. The highest BCUT2D eigenvalue weighted by molar-refractivity contribution is 7.92. The summed E-state index contributed by atoms with van der Waals surface area (Å²) in [5, 5.41) is 38.1. The van der Waals surface area contributed by atoms with Gasteiger partial charge < -0.3 is 54.3 Å². The van der Waals surface area contributed by atoms with E-state index in [1.165, 1.54) is 115 Å². The summed E-state index contributed by atoms with van der Waals surface area (Å²) >= 11 is 0. The molecule has 99 heavy (non-hydrogen) atoms. The van der Waals surface area contributed by atoms with E-state index in [0.29, 0.717) is 56.1 Å². The van der Waals surface area contributed by atoms with Gasteiger partial charge in [-0.3, -0.25) is 38.2 Å². The van der Waals surface area contributed by atoms with Gasteiger partial charge in [-0.1, -0.05) is 12.1 Å². The Bertz CT molecular complexity index is 4560. The van der Waals surface area contributed by atoms with Gasteiger partial charge >= 0.3 is 23.9 Å². The van der Waals surface area contributed by atoms with E-state index in [4.69, 9.17) is 29.8 Å². The molecular formula is C63H76N4O27S5. The van der Waals surface area contributed by atoms with E-state index in [1.54, 1.807) is 67.6 Å². The Morgan fingerprint density at radius 2 is 1.13 bits per heavy atom. The lowest BCUT2D eigenvalue weighted by Crippen LogP contribution is -2.38. The maximum Gasteiger partial charge on any atom is 0.342 e. The van der Waals surface area contributed by atoms with Crippen LogP contribution in [-0.4, -0.2) is 175 Å². The molecule has 6 aromatic rings. The van der Waals surface area contributed by atoms with Gasteiger partial charge in [0.1, 0.15) is 63.8 Å². The van der Waals surface area contributed by atoms with Gasteiger partial charge in [-0.25, -0.2) is 46.9 Å². The van der Waals surface area contributed by atoms with Crippen molar-refractivity contribution in [3.8, 4) is 23.0 Å². The van der Waals surface area contributed by atoms with Gasteiger partial charge in [0.05, 0.1) is 64.4 Å². The van der Waals surface area contributed by atoms with Gasteiger partial charge in [0.2, 0.25) is 25.8 Å². The Hall–Kier alpha value is -10.0. The third kappa shape index (κ3) is 31.8. The van der Waals surface area contributed by atoms with Gasteiger partial charge in [-0.2, -0.15) is 4.40 Å². The first-order valence-corrected chi connectivity index (χ1v) is 37.8. The lowest BCUT2D eigenvalue weighted by Gasteiger charge is -2.22. The Morgan fingerprint density at radius 3 is 1.57 bits per heavy atom. The number of phenols is 3. The van der Waals surface area contributed by atoms with E-state index in [2.05, 4.69) is 28.1 Å². The number of allylic oxidation sites excluding steroid dienone is 4. The van der Waals surface area contributed by atoms with E-state index in [1.807, 2.05) is 0 Å². The van der Waals surface area contributed by atoms with Crippen LogP contribution in [0.3, 0.4) is 0 Å². The molecule has 8 rings (SSSR count). The number of methoxy groups -OCH3 is 4. The fourth-order valence-corrected chi connectivity index (χ4v) is 11.4. The molecule has 0 saturated carbocycles. The van der Waals surface area contributed by atoms with Crippen molar-refractivity contribution >= 4 is 125 Å². The number of carbonyl (C=O) groups is 7. The van der Waals surface area contributed by atoms with Crippen molar-refractivity contribution in [2.75, 3.05) is 74.9 Å². The number of ether oxygens (including phenoxy) is 5. The van der Waals surface area contributed by atoms with Crippen LogP contribution < -0.4 is 19.9 Å². The molecular weight excluding hydrogens is 1410 g/mol. The zero-order valence-corrected chi connectivity index (χ0v) is 59.7. The molecule has 0 radical (unpaired) electrons. The molecule has 2 heterocycles. The summed E-state index contributed by atoms with van der Waals surface area (Å²) in [6.07, 6.45) is 10.5. The second-order valence-corrected chi connectivity index (χ2v) is 30.9. The molecule has 0 saturated heterocycles. The number of nitrogen functional groups attached to an aromatic ring is 1. The number of benzene rings is 5. The maximum atomic E-state index is 11.8. The van der Waals surface area contributed by atoms with Gasteiger partial charge in [-0.05, 0) is 147 Å². The largest absolute Gasteiger partial charge is 0.508 e. The second-order valence-electron chi connectivity index (χ2n) is 21.5. The average molecular weight is 1480 g/mol. The molecule has 3 atom stereocenters. The number of fused-ring (bicyclic) bond motifs is 2. The van der Waals surface area contributed by atoms with Crippen LogP contribution in [0, 0.1) is 6.92 Å². The Balaban J connectivity index is 0.000000403. The number of Topliss-reactive ketones (excluding diaryl/α,β-unsaturated/α-hetero) is 2. The SMILES string of the molecule is COC(=O)C(C(C)=O)c1cc(NS(C)(=O)=O)ccc1O.COC(=O)C1c2cc(CS(C)(=O)=O)ccc2OC1(C)O.COC(=O)CC(C)=O.COC(=O)c1c(C)oc2ccc(CS(C)(=O)=O)cc12.CS(=O)(=O)N=C1C=CC(=O)C=C1.CS(=O)(=O)Nc1ccc(O)cc1.Nc1ccc(O)cc1. The minimum absolute atomic E-state index is 0.0157. The van der Waals surface area contributed by atoms with E-state index in [0.717, 1.165) is 32.1 Å². The fourth-order valence-electron chi connectivity index (χ4n) is 8.24. The van der Waals surface area contributed by atoms with Gasteiger partial charge in [0.15, 0.2) is 31.4 Å². The summed E-state index contributed by atoms with van der Waals surface area (Å²) in [6, 6.07) is 25.6. The van der Waals surface area contributed by atoms with Crippen molar-refractivity contribution in [3.63, 3.8) is 0 Å². The summed E-state index contributed by atoms with van der Waals surface area (Å²) in [5.74, 6) is -6.65. The molecule has 31 nitrogen and oxygen atoms in total. The Kier molecular flexibility index (Phi) is 31.9. The number of nitrogens with two attached hydrogens (primary N) is 1. The molecule has 2 aliphatic rings. The molecule has 0 bridgehead atoms. The highest BCUT2D eigenvalue weighted by Gasteiger charge is 2.49. The zero-order chi connectivity index (χ0) is 75.8. The Labute approximate surface area is 572 Å². The molecule has 0 fully saturated rings. The summed E-state index contributed by atoms with van der Waals surface area (Å²) in [4.78, 5) is 77.6. The van der Waals surface area contributed by atoms with Crippen LogP contribution in [0.4, 0.5) is 17.1 Å². The van der Waals surface area contributed by atoms with Crippen LogP contribution in [0.15, 0.2) is 136 Å². The molecule has 540 valence electrons. The lowest BCUT2D eigenvalue weighted by molar-refractivity contribution is -0.166. The standard InChI is InChI=1S/C13H16O6S.C13H14O5S.C12H15NO6S.C7H9NO3S.C7H7NO3S.C6H7NO.C5H8O3/c1-13(15)11(12(14)18-2)9-6-8(7-20(3,16)17)4-5-10(9)19-13;1-8-12(13(14)17-2)10-6-9(7-19(3,15)16)4-5-11(10)18-8;1-7(14)11(12(16)19-2)9-6-8(4-5-10(9)15)13-20(3,17)18;2*1-12(10,11)8-6-2-4-7(9)5-3-6;7-5-1-3-6(8)4-2-5;1-4(6)3-5(7)8-2/h4-6,11,15H,7H2,1-3H3;4-6H,7H2,1-3H3;4-6,11,13,15H,1-3H3;2-5,8-9H,1H3;2-5H,1H3;1-4,8H,7H2;3H2,1-2H3. The quantitative estimate of drug-likeness (QED) is 0.0163.